The summed E-state index contributed by atoms with van der Waals surface area (Å²) in [7, 11) is 0. The third-order valence-electron chi connectivity index (χ3n) is 1.43. The van der Waals surface area contributed by atoms with Crippen molar-refractivity contribution in [1.82, 2.24) is 0 Å². The van der Waals surface area contributed by atoms with Gasteiger partial charge in [0, 0.05) is 0 Å². The van der Waals surface area contributed by atoms with E-state index < -0.39 is 5.97 Å². The van der Waals surface area contributed by atoms with Crippen LogP contribution in [0.15, 0.2) is 12.2 Å². The fraction of sp³-hybridized carbons (Fsp3) is 0.667. The summed E-state index contributed by atoms with van der Waals surface area (Å²) in [5.74, 6) is -0.753. The maximum absolute atomic E-state index is 10.0. The van der Waals surface area contributed by atoms with E-state index in [4.69, 9.17) is 5.11 Å². The third-order valence-corrected chi connectivity index (χ3v) is 1.43. The smallest absolute Gasteiger partial charge is 0.307 e. The van der Waals surface area contributed by atoms with Crippen molar-refractivity contribution in [2.45, 2.75) is 39.0 Å². The van der Waals surface area contributed by atoms with Crippen molar-refractivity contribution in [3.05, 3.63) is 12.2 Å². The second-order valence-electron chi connectivity index (χ2n) is 2.57. The first kappa shape index (κ1) is 10.2. The fourth-order valence-electron chi connectivity index (χ4n) is 0.814. The molecule has 0 aromatic carbocycles. The largest absolute Gasteiger partial charge is 0.481 e. The first-order valence-electron chi connectivity index (χ1n) is 4.14. The second-order valence-corrected chi connectivity index (χ2v) is 2.57. The molecule has 0 spiro atoms. The zero-order valence-corrected chi connectivity index (χ0v) is 7.05. The van der Waals surface area contributed by atoms with Crippen LogP contribution in [0.3, 0.4) is 0 Å². The second kappa shape index (κ2) is 7.32. The molecule has 0 saturated carbocycles. The molecule has 2 nitrogen and oxygen atoms in total. The zero-order chi connectivity index (χ0) is 8.53. The van der Waals surface area contributed by atoms with Gasteiger partial charge in [-0.15, -0.1) is 0 Å². The first-order valence-corrected chi connectivity index (χ1v) is 4.14. The van der Waals surface area contributed by atoms with Gasteiger partial charge in [0.05, 0.1) is 6.42 Å². The van der Waals surface area contributed by atoms with Gasteiger partial charge in [-0.25, -0.2) is 0 Å². The number of rotatable bonds is 6. The van der Waals surface area contributed by atoms with Crippen LogP contribution in [0, 0.1) is 0 Å². The quantitative estimate of drug-likeness (QED) is 0.474. The van der Waals surface area contributed by atoms with E-state index in [1.54, 1.807) is 6.08 Å². The van der Waals surface area contributed by atoms with E-state index in [0.29, 0.717) is 0 Å². The van der Waals surface area contributed by atoms with E-state index in [0.717, 1.165) is 6.42 Å². The lowest BCUT2D eigenvalue weighted by Gasteiger charge is -1.90. The SMILES string of the molecule is CCCCCC=CCC(=O)O. The van der Waals surface area contributed by atoms with E-state index in [9.17, 15) is 4.79 Å². The highest BCUT2D eigenvalue weighted by Gasteiger charge is 1.88. The lowest BCUT2D eigenvalue weighted by atomic mass is 10.2. The highest BCUT2D eigenvalue weighted by atomic mass is 16.4. The molecule has 0 aliphatic rings. The highest BCUT2D eigenvalue weighted by Crippen LogP contribution is 1.99. The van der Waals surface area contributed by atoms with Gasteiger partial charge in [-0.2, -0.15) is 0 Å². The van der Waals surface area contributed by atoms with Crippen molar-refractivity contribution in [2.24, 2.45) is 0 Å². The van der Waals surface area contributed by atoms with Crippen LogP contribution in [-0.2, 0) is 4.79 Å². The van der Waals surface area contributed by atoms with Crippen LogP contribution in [0.25, 0.3) is 0 Å². The lowest BCUT2D eigenvalue weighted by molar-refractivity contribution is -0.136. The lowest BCUT2D eigenvalue weighted by Crippen LogP contribution is -1.89. The van der Waals surface area contributed by atoms with Crippen molar-refractivity contribution < 1.29 is 9.90 Å². The Labute approximate surface area is 67.9 Å². The molecular formula is C9H16O2. The van der Waals surface area contributed by atoms with Gasteiger partial charge >= 0.3 is 5.97 Å². The average Bonchev–Trinajstić information content (AvgIpc) is 1.96. The van der Waals surface area contributed by atoms with Crippen LogP contribution in [0.2, 0.25) is 0 Å². The Kier molecular flexibility index (Phi) is 6.79. The molecule has 0 atom stereocenters. The van der Waals surface area contributed by atoms with Crippen molar-refractivity contribution in [3.63, 3.8) is 0 Å². The average molecular weight is 156 g/mol. The van der Waals surface area contributed by atoms with Crippen LogP contribution < -0.4 is 0 Å². The first-order chi connectivity index (χ1) is 5.27. The van der Waals surface area contributed by atoms with Crippen LogP contribution in [0.5, 0.6) is 0 Å². The van der Waals surface area contributed by atoms with Crippen LogP contribution in [-0.4, -0.2) is 11.1 Å². The molecule has 0 rings (SSSR count). The molecule has 0 aliphatic carbocycles. The summed E-state index contributed by atoms with van der Waals surface area (Å²) < 4.78 is 0. The van der Waals surface area contributed by atoms with Crippen molar-refractivity contribution in [2.75, 3.05) is 0 Å². The number of unbranched alkanes of at least 4 members (excludes halogenated alkanes) is 3. The van der Waals surface area contributed by atoms with Crippen molar-refractivity contribution in [1.29, 1.82) is 0 Å². The minimum atomic E-state index is -0.753. The predicted octanol–water partition coefficient (Wildman–Crippen LogP) is 2.60. The standard InChI is InChI=1S/C9H16O2/c1-2-3-4-5-6-7-8-9(10)11/h6-7H,2-5,8H2,1H3,(H,10,11). The maximum atomic E-state index is 10.0. The Bertz CT molecular complexity index is 128. The van der Waals surface area contributed by atoms with E-state index in [-0.39, 0.29) is 6.42 Å². The summed E-state index contributed by atoms with van der Waals surface area (Å²) in [6.07, 6.45) is 8.46. The molecule has 0 heterocycles. The number of hydrogen-bond donors (Lipinski definition) is 1. The Balaban J connectivity index is 3.10. The molecule has 0 aromatic rings. The Morgan fingerprint density at radius 3 is 2.64 bits per heavy atom. The molecule has 0 amide bonds. The summed E-state index contributed by atoms with van der Waals surface area (Å²) in [5.41, 5.74) is 0. The van der Waals surface area contributed by atoms with E-state index in [1.807, 2.05) is 6.08 Å². The molecule has 0 fully saturated rings. The van der Waals surface area contributed by atoms with Crippen LogP contribution in [0.4, 0.5) is 0 Å². The Morgan fingerprint density at radius 1 is 1.36 bits per heavy atom. The molecule has 0 radical (unpaired) electrons. The Hall–Kier alpha value is -0.790. The third kappa shape index (κ3) is 9.21. The van der Waals surface area contributed by atoms with Gasteiger partial charge in [0.2, 0.25) is 0 Å². The van der Waals surface area contributed by atoms with Crippen molar-refractivity contribution in [3.8, 4) is 0 Å². The number of allylic oxidation sites excluding steroid dienone is 1. The molecule has 0 saturated heterocycles. The molecule has 64 valence electrons. The van der Waals surface area contributed by atoms with Crippen molar-refractivity contribution >= 4 is 5.97 Å². The van der Waals surface area contributed by atoms with Gasteiger partial charge in [-0.3, -0.25) is 4.79 Å². The molecule has 0 aromatic heterocycles. The fourth-order valence-corrected chi connectivity index (χ4v) is 0.814. The predicted molar refractivity (Wildman–Crippen MR) is 45.5 cm³/mol. The number of carboxylic acid groups (broad SMARTS) is 1. The van der Waals surface area contributed by atoms with Gasteiger partial charge in [-0.1, -0.05) is 31.9 Å². The molecule has 2 heteroatoms. The normalized spacial score (nSPS) is 10.6. The molecule has 0 unspecified atom stereocenters. The van der Waals surface area contributed by atoms with Crippen LogP contribution >= 0.6 is 0 Å². The van der Waals surface area contributed by atoms with E-state index in [1.165, 1.54) is 19.3 Å². The minimum absolute atomic E-state index is 0.159. The number of carboxylic acids is 1. The van der Waals surface area contributed by atoms with E-state index >= 15 is 0 Å². The summed E-state index contributed by atoms with van der Waals surface area (Å²) in [6.45, 7) is 2.15. The monoisotopic (exact) mass is 156 g/mol. The summed E-state index contributed by atoms with van der Waals surface area (Å²) >= 11 is 0. The van der Waals surface area contributed by atoms with Crippen LogP contribution in [0.1, 0.15) is 39.0 Å². The summed E-state index contributed by atoms with van der Waals surface area (Å²) in [4.78, 5) is 10.0. The zero-order valence-electron chi connectivity index (χ0n) is 7.05. The van der Waals surface area contributed by atoms with Gasteiger partial charge in [0.15, 0.2) is 0 Å². The summed E-state index contributed by atoms with van der Waals surface area (Å²) in [5, 5.41) is 8.26. The minimum Gasteiger partial charge on any atom is -0.481 e. The molecular weight excluding hydrogens is 140 g/mol. The highest BCUT2D eigenvalue weighted by molar-refractivity contribution is 5.68. The Morgan fingerprint density at radius 2 is 2.09 bits per heavy atom. The number of hydrogen-bond acceptors (Lipinski definition) is 1. The van der Waals surface area contributed by atoms with Gasteiger partial charge in [-0.05, 0) is 12.8 Å². The van der Waals surface area contributed by atoms with Gasteiger partial charge in [0.25, 0.3) is 0 Å². The number of carbonyl (C=O) groups is 1. The number of aliphatic carboxylic acids is 1. The van der Waals surface area contributed by atoms with E-state index in [2.05, 4.69) is 6.92 Å². The van der Waals surface area contributed by atoms with Gasteiger partial charge in [0.1, 0.15) is 0 Å². The van der Waals surface area contributed by atoms with Gasteiger partial charge < -0.3 is 5.11 Å². The topological polar surface area (TPSA) is 37.3 Å². The molecule has 1 N–H and O–H groups in total. The summed E-state index contributed by atoms with van der Waals surface area (Å²) in [6, 6.07) is 0. The molecule has 0 bridgehead atoms. The molecule has 11 heavy (non-hydrogen) atoms. The molecule has 0 aliphatic heterocycles. The maximum Gasteiger partial charge on any atom is 0.307 e.